The number of phosphoric ester groups is 1. The third-order valence-corrected chi connectivity index (χ3v) is 10.4. The Morgan fingerprint density at radius 2 is 0.944 bits per heavy atom. The third kappa shape index (κ3) is 40.2. The Kier molecular flexibility index (Phi) is 36.1. The fraction of sp³-hybridized carbons (Fsp3) is 0.864. The number of phosphoric acid groups is 1. The van der Waals surface area contributed by atoms with Crippen LogP contribution in [-0.2, 0) is 32.7 Å². The zero-order valence-corrected chi connectivity index (χ0v) is 36.6. The Labute approximate surface area is 332 Å². The summed E-state index contributed by atoms with van der Waals surface area (Å²) in [7, 11) is 1.16. The standard InChI is InChI=1S/C44H84NO8P/c1-6-8-10-12-14-16-18-20-22-24-26-28-30-32-34-36-43(46)50-40-42(41-52-54(48,49)51-39-38-45(3,4)5)53-44(47)37-35-33-31-29-27-25-23-21-19-17-15-13-11-9-7-2/h20-23,42H,6-19,24-41H2,1-5H3/t42-/m1/s1. The minimum absolute atomic E-state index is 0.0326. The average molecular weight is 786 g/mol. The normalized spacial score (nSPS) is 13.8. The van der Waals surface area contributed by atoms with Crippen LogP contribution >= 0.6 is 7.82 Å². The molecule has 54 heavy (non-hydrogen) atoms. The number of nitrogens with zero attached hydrogens (tertiary/aromatic N) is 1. The monoisotopic (exact) mass is 786 g/mol. The van der Waals surface area contributed by atoms with Gasteiger partial charge in [0, 0.05) is 12.8 Å². The van der Waals surface area contributed by atoms with Gasteiger partial charge < -0.3 is 27.9 Å². The number of rotatable bonds is 40. The molecule has 0 radical (unpaired) electrons. The Morgan fingerprint density at radius 3 is 1.37 bits per heavy atom. The van der Waals surface area contributed by atoms with Gasteiger partial charge in [-0.05, 0) is 64.2 Å². The Bertz CT molecular complexity index is 980. The number of likely N-dealkylation sites (N-methyl/N-ethyl adjacent to an activating group) is 1. The largest absolute Gasteiger partial charge is 0.756 e. The first kappa shape index (κ1) is 52.5. The van der Waals surface area contributed by atoms with Crippen molar-refractivity contribution in [2.75, 3.05) is 47.5 Å². The van der Waals surface area contributed by atoms with Gasteiger partial charge in [0.2, 0.25) is 0 Å². The quantitative estimate of drug-likeness (QED) is 0.0198. The number of ether oxygens (including phenoxy) is 2. The van der Waals surface area contributed by atoms with Crippen LogP contribution in [0.25, 0.3) is 0 Å². The molecule has 0 saturated heterocycles. The fourth-order valence-corrected chi connectivity index (χ4v) is 6.67. The number of carbonyl (C=O) groups is 2. The van der Waals surface area contributed by atoms with E-state index < -0.39 is 32.5 Å². The van der Waals surface area contributed by atoms with Gasteiger partial charge in [-0.1, -0.05) is 141 Å². The second kappa shape index (κ2) is 37.1. The molecule has 2 atom stereocenters. The molecule has 0 heterocycles. The van der Waals surface area contributed by atoms with E-state index in [1.165, 1.54) is 89.9 Å². The van der Waals surface area contributed by atoms with Gasteiger partial charge in [0.05, 0.1) is 27.7 Å². The lowest BCUT2D eigenvalue weighted by molar-refractivity contribution is -0.870. The maximum atomic E-state index is 12.7. The van der Waals surface area contributed by atoms with E-state index in [1.54, 1.807) is 0 Å². The topological polar surface area (TPSA) is 111 Å². The molecule has 0 aromatic rings. The number of carbonyl (C=O) groups excluding carboxylic acids is 2. The molecule has 318 valence electrons. The van der Waals surface area contributed by atoms with Gasteiger partial charge in [0.1, 0.15) is 19.8 Å². The molecule has 0 aliphatic rings. The fourth-order valence-electron chi connectivity index (χ4n) is 5.94. The molecule has 0 fully saturated rings. The van der Waals surface area contributed by atoms with Crippen LogP contribution < -0.4 is 4.89 Å². The molecule has 0 rings (SSSR count). The van der Waals surface area contributed by atoms with Gasteiger partial charge in [0.15, 0.2) is 6.10 Å². The lowest BCUT2D eigenvalue weighted by atomic mass is 10.1. The summed E-state index contributed by atoms with van der Waals surface area (Å²) in [4.78, 5) is 37.5. The second-order valence-corrected chi connectivity index (χ2v) is 17.5. The minimum atomic E-state index is -4.62. The highest BCUT2D eigenvalue weighted by Crippen LogP contribution is 2.38. The molecule has 0 aliphatic heterocycles. The zero-order chi connectivity index (χ0) is 40.0. The van der Waals surface area contributed by atoms with Crippen LogP contribution in [0.3, 0.4) is 0 Å². The molecule has 0 aromatic heterocycles. The molecule has 0 amide bonds. The van der Waals surface area contributed by atoms with Crippen LogP contribution in [0.5, 0.6) is 0 Å². The van der Waals surface area contributed by atoms with Gasteiger partial charge >= 0.3 is 11.9 Å². The van der Waals surface area contributed by atoms with E-state index in [1.807, 2.05) is 21.1 Å². The Morgan fingerprint density at radius 1 is 0.556 bits per heavy atom. The summed E-state index contributed by atoms with van der Waals surface area (Å²) in [6.07, 6.45) is 39.1. The molecular weight excluding hydrogens is 701 g/mol. The van der Waals surface area contributed by atoms with Crippen molar-refractivity contribution < 1.29 is 42.1 Å². The number of hydrogen-bond donors (Lipinski definition) is 0. The van der Waals surface area contributed by atoms with Crippen molar-refractivity contribution in [3.63, 3.8) is 0 Å². The highest BCUT2D eigenvalue weighted by atomic mass is 31.2. The van der Waals surface area contributed by atoms with Crippen molar-refractivity contribution in [1.29, 1.82) is 0 Å². The summed E-state index contributed by atoms with van der Waals surface area (Å²) in [5, 5.41) is 0. The molecule has 0 spiro atoms. The smallest absolute Gasteiger partial charge is 0.306 e. The van der Waals surface area contributed by atoms with Crippen LogP contribution in [0, 0.1) is 0 Å². The Hall–Kier alpha value is -1.51. The minimum Gasteiger partial charge on any atom is -0.756 e. The predicted octanol–water partition coefficient (Wildman–Crippen LogP) is 11.7. The molecule has 10 heteroatoms. The highest BCUT2D eigenvalue weighted by molar-refractivity contribution is 7.45. The van der Waals surface area contributed by atoms with Gasteiger partial charge in [-0.25, -0.2) is 0 Å². The van der Waals surface area contributed by atoms with Crippen molar-refractivity contribution in [3.8, 4) is 0 Å². The van der Waals surface area contributed by atoms with Crippen molar-refractivity contribution in [1.82, 2.24) is 0 Å². The molecular formula is C44H84NO8P. The first-order valence-electron chi connectivity index (χ1n) is 22.0. The summed E-state index contributed by atoms with van der Waals surface area (Å²) in [5.41, 5.74) is 0. The number of hydrogen-bond acceptors (Lipinski definition) is 8. The van der Waals surface area contributed by atoms with Crippen LogP contribution in [0.2, 0.25) is 0 Å². The SMILES string of the molecule is CCCCCCCCC=CCCCCCCCC(=O)OC[C@H](COP(=O)([O-])OCC[N+](C)(C)C)OC(=O)CCCCCCCC=CCCCCCCCC. The summed E-state index contributed by atoms with van der Waals surface area (Å²) in [6, 6.07) is 0. The summed E-state index contributed by atoms with van der Waals surface area (Å²) in [5.74, 6) is -0.850. The van der Waals surface area contributed by atoms with Crippen LogP contribution in [0.4, 0.5) is 0 Å². The van der Waals surface area contributed by atoms with Crippen molar-refractivity contribution in [3.05, 3.63) is 24.3 Å². The van der Waals surface area contributed by atoms with E-state index in [0.717, 1.165) is 70.6 Å². The van der Waals surface area contributed by atoms with E-state index in [0.29, 0.717) is 17.4 Å². The third-order valence-electron chi connectivity index (χ3n) is 9.44. The number of esters is 2. The van der Waals surface area contributed by atoms with Crippen LogP contribution in [0.15, 0.2) is 24.3 Å². The molecule has 0 saturated carbocycles. The van der Waals surface area contributed by atoms with Crippen molar-refractivity contribution in [2.45, 2.75) is 200 Å². The highest BCUT2D eigenvalue weighted by Gasteiger charge is 2.21. The van der Waals surface area contributed by atoms with Crippen molar-refractivity contribution >= 4 is 19.8 Å². The number of quaternary nitrogens is 1. The lowest BCUT2D eigenvalue weighted by Crippen LogP contribution is -2.37. The van der Waals surface area contributed by atoms with Crippen LogP contribution in [-0.4, -0.2) is 70.0 Å². The van der Waals surface area contributed by atoms with Crippen LogP contribution in [0.1, 0.15) is 194 Å². The molecule has 0 aromatic carbocycles. The second-order valence-electron chi connectivity index (χ2n) is 16.1. The maximum Gasteiger partial charge on any atom is 0.306 e. The number of unbranched alkanes of at least 4 members (excludes halogenated alkanes) is 22. The van der Waals surface area contributed by atoms with Gasteiger partial charge in [0.25, 0.3) is 7.82 Å². The average Bonchev–Trinajstić information content (AvgIpc) is 3.12. The summed E-state index contributed by atoms with van der Waals surface area (Å²) in [6.45, 7) is 4.20. The van der Waals surface area contributed by atoms with Crippen molar-refractivity contribution in [2.24, 2.45) is 0 Å². The van der Waals surface area contributed by atoms with Gasteiger partial charge in [-0.15, -0.1) is 0 Å². The predicted molar refractivity (Wildman–Crippen MR) is 222 cm³/mol. The molecule has 9 nitrogen and oxygen atoms in total. The van der Waals surface area contributed by atoms with Gasteiger partial charge in [-0.2, -0.15) is 0 Å². The summed E-state index contributed by atoms with van der Waals surface area (Å²) < 4.78 is 33.9. The zero-order valence-electron chi connectivity index (χ0n) is 35.7. The summed E-state index contributed by atoms with van der Waals surface area (Å²) >= 11 is 0. The van der Waals surface area contributed by atoms with E-state index in [9.17, 15) is 19.0 Å². The molecule has 0 N–H and O–H groups in total. The number of allylic oxidation sites excluding steroid dienone is 4. The van der Waals surface area contributed by atoms with E-state index in [4.69, 9.17) is 18.5 Å². The Balaban J connectivity index is 4.38. The molecule has 1 unspecified atom stereocenters. The van der Waals surface area contributed by atoms with E-state index >= 15 is 0 Å². The molecule has 0 bridgehead atoms. The van der Waals surface area contributed by atoms with E-state index in [2.05, 4.69) is 38.2 Å². The maximum absolute atomic E-state index is 12.7. The first-order valence-corrected chi connectivity index (χ1v) is 23.5. The van der Waals surface area contributed by atoms with E-state index in [-0.39, 0.29) is 26.1 Å². The van der Waals surface area contributed by atoms with Gasteiger partial charge in [-0.3, -0.25) is 14.2 Å². The first-order chi connectivity index (χ1) is 26.0. The molecule has 0 aliphatic carbocycles. The lowest BCUT2D eigenvalue weighted by Gasteiger charge is -2.28.